The minimum absolute atomic E-state index is 0.128. The Morgan fingerprint density at radius 2 is 0.773 bits per heavy atom. The van der Waals surface area contributed by atoms with Crippen LogP contribution >= 0.6 is 0 Å². The molecule has 4 nitrogen and oxygen atoms in total. The first-order valence-corrected chi connectivity index (χ1v) is 26.0. The van der Waals surface area contributed by atoms with Crippen LogP contribution in [0.15, 0.2) is 267 Å². The van der Waals surface area contributed by atoms with E-state index in [1.807, 2.05) is 0 Å². The first-order valence-electron chi connectivity index (χ1n) is 26.0. The number of anilines is 3. The summed E-state index contributed by atoms with van der Waals surface area (Å²) in [6.45, 7) is 4.72. The van der Waals surface area contributed by atoms with Gasteiger partial charge in [0.2, 0.25) is 0 Å². The fraction of sp³-hybridized carbons (Fsp3) is 0.0423. The van der Waals surface area contributed by atoms with Crippen molar-refractivity contribution in [2.45, 2.75) is 19.3 Å². The summed E-state index contributed by atoms with van der Waals surface area (Å²) in [5, 5.41) is 4.86. The monoisotopic (exact) mass is 958 g/mol. The molecule has 0 bridgehead atoms. The van der Waals surface area contributed by atoms with Crippen LogP contribution in [0.4, 0.5) is 17.1 Å². The molecule has 0 saturated heterocycles. The number of hydrogen-bond donors (Lipinski definition) is 0. The quantitative estimate of drug-likeness (QED) is 0.148. The predicted molar refractivity (Wildman–Crippen MR) is 315 cm³/mol. The number of fused-ring (bicyclic) bond motifs is 12. The molecule has 0 fully saturated rings. The molecule has 14 aromatic rings. The maximum absolute atomic E-state index is 2.54. The second-order valence-corrected chi connectivity index (χ2v) is 20.5. The Hall–Kier alpha value is -9.64. The van der Waals surface area contributed by atoms with Gasteiger partial charge >= 0.3 is 0 Å². The van der Waals surface area contributed by atoms with Crippen molar-refractivity contribution in [2.24, 2.45) is 0 Å². The van der Waals surface area contributed by atoms with E-state index in [2.05, 4.69) is 299 Å². The van der Waals surface area contributed by atoms with Crippen LogP contribution in [0.25, 0.3) is 105 Å². The van der Waals surface area contributed by atoms with Gasteiger partial charge in [0.15, 0.2) is 0 Å². The third-order valence-corrected chi connectivity index (χ3v) is 16.0. The molecule has 1 aliphatic rings. The van der Waals surface area contributed by atoms with Crippen molar-refractivity contribution in [1.29, 1.82) is 0 Å². The van der Waals surface area contributed by atoms with Gasteiger partial charge in [0.05, 0.1) is 33.1 Å². The lowest BCUT2D eigenvalue weighted by Crippen LogP contribution is -2.16. The molecule has 0 saturated carbocycles. The molecule has 3 heterocycles. The van der Waals surface area contributed by atoms with Crippen LogP contribution in [0.2, 0.25) is 0 Å². The van der Waals surface area contributed by atoms with Gasteiger partial charge in [-0.15, -0.1) is 0 Å². The van der Waals surface area contributed by atoms with Gasteiger partial charge in [-0.05, 0) is 148 Å². The van der Waals surface area contributed by atoms with Crippen molar-refractivity contribution in [1.82, 2.24) is 13.7 Å². The minimum atomic E-state index is -0.128. The van der Waals surface area contributed by atoms with E-state index in [1.54, 1.807) is 0 Å². The Morgan fingerprint density at radius 3 is 1.45 bits per heavy atom. The van der Waals surface area contributed by atoms with E-state index in [0.29, 0.717) is 0 Å². The Labute approximate surface area is 435 Å². The van der Waals surface area contributed by atoms with Gasteiger partial charge in [-0.25, -0.2) is 0 Å². The molecule has 0 aliphatic heterocycles. The van der Waals surface area contributed by atoms with Crippen LogP contribution in [0, 0.1) is 0 Å². The van der Waals surface area contributed by atoms with E-state index in [9.17, 15) is 0 Å². The van der Waals surface area contributed by atoms with Crippen molar-refractivity contribution >= 4 is 71.7 Å². The molecule has 1 aliphatic carbocycles. The molecule has 75 heavy (non-hydrogen) atoms. The third kappa shape index (κ3) is 6.56. The maximum Gasteiger partial charge on any atom is 0.0804 e. The molecule has 15 rings (SSSR count). The summed E-state index contributed by atoms with van der Waals surface area (Å²) in [6, 6.07) is 98.0. The Kier molecular flexibility index (Phi) is 9.58. The number of nitrogens with zero attached hydrogens (tertiary/aromatic N) is 4. The Balaban J connectivity index is 0.931. The lowest BCUT2D eigenvalue weighted by atomic mass is 9.82. The summed E-state index contributed by atoms with van der Waals surface area (Å²) < 4.78 is 7.45. The molecule has 4 heteroatoms. The fourth-order valence-corrected chi connectivity index (χ4v) is 12.6. The smallest absolute Gasteiger partial charge is 0.0804 e. The van der Waals surface area contributed by atoms with Crippen LogP contribution in [-0.2, 0) is 5.41 Å². The van der Waals surface area contributed by atoms with E-state index < -0.39 is 0 Å². The van der Waals surface area contributed by atoms with E-state index >= 15 is 0 Å². The van der Waals surface area contributed by atoms with Gasteiger partial charge < -0.3 is 18.6 Å². The minimum Gasteiger partial charge on any atom is -0.310 e. The van der Waals surface area contributed by atoms with Crippen molar-refractivity contribution in [2.75, 3.05) is 4.90 Å². The number of benzene rings is 11. The van der Waals surface area contributed by atoms with Crippen LogP contribution in [0.5, 0.6) is 0 Å². The number of rotatable bonds is 8. The summed E-state index contributed by atoms with van der Waals surface area (Å²) in [6.07, 6.45) is 0. The van der Waals surface area contributed by atoms with Gasteiger partial charge in [-0.1, -0.05) is 178 Å². The zero-order chi connectivity index (χ0) is 49.8. The molecule has 0 unspecified atom stereocenters. The normalized spacial score (nSPS) is 12.8. The average molecular weight is 959 g/mol. The van der Waals surface area contributed by atoms with Crippen molar-refractivity contribution in [3.63, 3.8) is 0 Å². The molecular weight excluding hydrogens is 909 g/mol. The third-order valence-electron chi connectivity index (χ3n) is 16.0. The second kappa shape index (κ2) is 16.7. The topological polar surface area (TPSA) is 18.0 Å². The van der Waals surface area contributed by atoms with E-state index in [1.165, 1.54) is 82.5 Å². The predicted octanol–water partition coefficient (Wildman–Crippen LogP) is 18.9. The average Bonchev–Trinajstić information content (AvgIpc) is 4.33. The van der Waals surface area contributed by atoms with Crippen LogP contribution < -0.4 is 4.90 Å². The molecule has 3 aromatic heterocycles. The summed E-state index contributed by atoms with van der Waals surface area (Å²) >= 11 is 0. The van der Waals surface area contributed by atoms with E-state index in [0.717, 1.165) is 50.8 Å². The zero-order valence-corrected chi connectivity index (χ0v) is 41.7. The molecule has 0 N–H and O–H groups in total. The molecular formula is C71H50N4. The van der Waals surface area contributed by atoms with Crippen LogP contribution in [-0.4, -0.2) is 13.7 Å². The van der Waals surface area contributed by atoms with Crippen molar-refractivity contribution in [3.8, 4) is 50.4 Å². The summed E-state index contributed by atoms with van der Waals surface area (Å²) in [5.74, 6) is 0. The second-order valence-electron chi connectivity index (χ2n) is 20.5. The first kappa shape index (κ1) is 43.0. The Bertz CT molecular complexity index is 4500. The van der Waals surface area contributed by atoms with Crippen LogP contribution in [0.1, 0.15) is 25.0 Å². The van der Waals surface area contributed by atoms with E-state index in [-0.39, 0.29) is 5.41 Å². The highest BCUT2D eigenvalue weighted by Crippen LogP contribution is 2.51. The molecule has 0 radical (unpaired) electrons. The molecule has 11 aromatic carbocycles. The fourth-order valence-electron chi connectivity index (χ4n) is 12.6. The standard InChI is InChI=1S/C71H50N4/c1-71(2)62-29-17-15-27-57(62)58-41-40-56(46-63(58)71)72(54-36-31-48(32-37-54)47-19-7-3-8-20-47)55-38-33-49(34-39-55)50-35-43-65-61(45-50)70-69(74(65)52-23-11-5-12-24-52)60-42-44-66-67(68(60)75(70)53-25-13-6-14-26-53)59-28-16-18-30-64(59)73(66)51-21-9-4-10-22-51/h3-46H,1-2H3. The first-order chi connectivity index (χ1) is 37.0. The van der Waals surface area contributed by atoms with Crippen molar-refractivity contribution in [3.05, 3.63) is 278 Å². The number of hydrogen-bond acceptors (Lipinski definition) is 1. The number of aromatic nitrogens is 3. The summed E-state index contributed by atoms with van der Waals surface area (Å²) in [4.78, 5) is 2.42. The van der Waals surface area contributed by atoms with Gasteiger partial charge in [0, 0.05) is 61.1 Å². The SMILES string of the molecule is CC1(C)c2ccccc2-c2ccc(N(c3ccc(-c4ccccc4)cc3)c3ccc(-c4ccc5c(c4)c4c(c6ccc7c(c8ccccc8n7-c7ccccc7)c6n4-c4ccccc4)n5-c4ccccc4)cc3)cc21. The van der Waals surface area contributed by atoms with Gasteiger partial charge in [-0.2, -0.15) is 0 Å². The Morgan fingerprint density at radius 1 is 0.293 bits per heavy atom. The molecule has 0 atom stereocenters. The number of para-hydroxylation sites is 4. The maximum atomic E-state index is 2.54. The molecule has 0 spiro atoms. The lowest BCUT2D eigenvalue weighted by molar-refractivity contribution is 0.660. The lowest BCUT2D eigenvalue weighted by Gasteiger charge is -2.28. The highest BCUT2D eigenvalue weighted by atomic mass is 15.1. The van der Waals surface area contributed by atoms with E-state index in [4.69, 9.17) is 0 Å². The highest BCUT2D eigenvalue weighted by molar-refractivity contribution is 6.29. The van der Waals surface area contributed by atoms with Gasteiger partial charge in [0.1, 0.15) is 0 Å². The van der Waals surface area contributed by atoms with Crippen molar-refractivity contribution < 1.29 is 0 Å². The largest absolute Gasteiger partial charge is 0.310 e. The molecule has 0 amide bonds. The highest BCUT2D eigenvalue weighted by Gasteiger charge is 2.36. The van der Waals surface area contributed by atoms with Crippen LogP contribution in [0.3, 0.4) is 0 Å². The summed E-state index contributed by atoms with van der Waals surface area (Å²) in [7, 11) is 0. The van der Waals surface area contributed by atoms with Gasteiger partial charge in [-0.3, -0.25) is 0 Å². The van der Waals surface area contributed by atoms with Gasteiger partial charge in [0.25, 0.3) is 0 Å². The zero-order valence-electron chi connectivity index (χ0n) is 41.7. The summed E-state index contributed by atoms with van der Waals surface area (Å²) in [5.41, 5.74) is 23.8. The molecule has 354 valence electrons.